The Kier molecular flexibility index (Phi) is 6.61. The number of nitrogens with zero attached hydrogens (tertiary/aromatic N) is 3. The molecule has 148 valence electrons. The number of hydrogen-bond acceptors (Lipinski definition) is 4. The lowest BCUT2D eigenvalue weighted by Crippen LogP contribution is -2.42. The highest BCUT2D eigenvalue weighted by Crippen LogP contribution is 2.14. The third kappa shape index (κ3) is 5.54. The molecule has 0 saturated heterocycles. The number of sulfonamides is 1. The van der Waals surface area contributed by atoms with Crippen LogP contribution in [0.5, 0.6) is 0 Å². The van der Waals surface area contributed by atoms with Crippen molar-refractivity contribution in [2.75, 3.05) is 7.05 Å². The summed E-state index contributed by atoms with van der Waals surface area (Å²) in [6.07, 6.45) is 0.826. The van der Waals surface area contributed by atoms with Gasteiger partial charge in [0.25, 0.3) is 0 Å². The zero-order valence-corrected chi connectivity index (χ0v) is 17.3. The second-order valence-corrected chi connectivity index (χ2v) is 8.20. The van der Waals surface area contributed by atoms with E-state index in [0.29, 0.717) is 12.5 Å². The summed E-state index contributed by atoms with van der Waals surface area (Å²) in [5.41, 5.74) is 4.22. The molecule has 2 rings (SSSR count). The summed E-state index contributed by atoms with van der Waals surface area (Å²) in [5.74, 6) is 0.641. The molecule has 1 aromatic carbocycles. The Morgan fingerprint density at radius 2 is 2.07 bits per heavy atom. The fourth-order valence-electron chi connectivity index (χ4n) is 2.92. The molecule has 0 bridgehead atoms. The third-order valence-electron chi connectivity index (χ3n) is 4.46. The summed E-state index contributed by atoms with van der Waals surface area (Å²) in [7, 11) is -0.0685. The van der Waals surface area contributed by atoms with E-state index in [1.165, 1.54) is 11.6 Å². The van der Waals surface area contributed by atoms with Gasteiger partial charge < -0.3 is 10.6 Å². The van der Waals surface area contributed by atoms with Crippen molar-refractivity contribution >= 4 is 16.0 Å². The first-order valence-electron chi connectivity index (χ1n) is 8.69. The molecule has 8 nitrogen and oxygen atoms in total. The minimum absolute atomic E-state index is 0.0978. The van der Waals surface area contributed by atoms with Gasteiger partial charge in [0.15, 0.2) is 5.96 Å². The first-order chi connectivity index (χ1) is 12.6. The van der Waals surface area contributed by atoms with Gasteiger partial charge in [0.2, 0.25) is 10.0 Å². The van der Waals surface area contributed by atoms with Crippen molar-refractivity contribution in [3.8, 4) is 0 Å². The molecule has 0 aliphatic carbocycles. The van der Waals surface area contributed by atoms with Crippen LogP contribution >= 0.6 is 0 Å². The van der Waals surface area contributed by atoms with Gasteiger partial charge in [0.1, 0.15) is 0 Å². The Bertz CT molecular complexity index is 933. The zero-order valence-electron chi connectivity index (χ0n) is 16.4. The molecule has 1 aromatic heterocycles. The number of aromatic nitrogens is 2. The molecule has 1 heterocycles. The Morgan fingerprint density at radius 3 is 2.63 bits per heavy atom. The normalized spacial score (nSPS) is 13.5. The van der Waals surface area contributed by atoms with Crippen molar-refractivity contribution in [2.45, 2.75) is 44.7 Å². The van der Waals surface area contributed by atoms with Gasteiger partial charge in [0.05, 0.1) is 10.6 Å². The Labute approximate surface area is 160 Å². The van der Waals surface area contributed by atoms with Crippen LogP contribution in [0.4, 0.5) is 0 Å². The largest absolute Gasteiger partial charge is 0.354 e. The number of hydrogen-bond donors (Lipinski definition) is 3. The molecule has 0 amide bonds. The summed E-state index contributed by atoms with van der Waals surface area (Å²) in [4.78, 5) is 4.33. The van der Waals surface area contributed by atoms with Gasteiger partial charge in [-0.25, -0.2) is 13.6 Å². The van der Waals surface area contributed by atoms with E-state index in [-0.39, 0.29) is 10.9 Å². The SMILES string of the molecule is CN=C(NCc1cccc(S(N)(=O)=O)c1)NC(C)Cc1c(C)nn(C)c1C. The van der Waals surface area contributed by atoms with Crippen molar-refractivity contribution in [1.82, 2.24) is 20.4 Å². The summed E-state index contributed by atoms with van der Waals surface area (Å²) >= 11 is 0. The van der Waals surface area contributed by atoms with Gasteiger partial charge in [-0.05, 0) is 50.5 Å². The van der Waals surface area contributed by atoms with E-state index in [0.717, 1.165) is 23.4 Å². The molecule has 4 N–H and O–H groups in total. The van der Waals surface area contributed by atoms with Crippen molar-refractivity contribution < 1.29 is 8.42 Å². The maximum absolute atomic E-state index is 11.5. The molecule has 0 fully saturated rings. The second kappa shape index (κ2) is 8.53. The number of primary sulfonamides is 1. The van der Waals surface area contributed by atoms with Crippen LogP contribution in [0.25, 0.3) is 0 Å². The molecule has 9 heteroatoms. The van der Waals surface area contributed by atoms with Crippen LogP contribution in [0.3, 0.4) is 0 Å². The second-order valence-electron chi connectivity index (χ2n) is 6.64. The summed E-state index contributed by atoms with van der Waals surface area (Å²) in [5, 5.41) is 16.2. The highest BCUT2D eigenvalue weighted by molar-refractivity contribution is 7.89. The van der Waals surface area contributed by atoms with Crippen molar-refractivity contribution in [1.29, 1.82) is 0 Å². The zero-order chi connectivity index (χ0) is 20.2. The molecule has 27 heavy (non-hydrogen) atoms. The Balaban J connectivity index is 1.98. The lowest BCUT2D eigenvalue weighted by atomic mass is 10.1. The average molecular weight is 393 g/mol. The minimum atomic E-state index is -3.71. The van der Waals surface area contributed by atoms with Crippen LogP contribution in [0.1, 0.15) is 29.4 Å². The number of nitrogens with two attached hydrogens (primary N) is 1. The van der Waals surface area contributed by atoms with E-state index >= 15 is 0 Å². The molecule has 0 aliphatic heterocycles. The standard InChI is InChI=1S/C18H28N6O2S/c1-12(9-17-13(2)23-24(5)14(17)3)22-18(20-4)21-11-15-7-6-8-16(10-15)27(19,25)26/h6-8,10,12H,9,11H2,1-5H3,(H2,19,25,26)(H2,20,21,22). The third-order valence-corrected chi connectivity index (χ3v) is 5.37. The lowest BCUT2D eigenvalue weighted by molar-refractivity contribution is 0.597. The maximum atomic E-state index is 11.5. The molecular formula is C18H28N6O2S. The predicted octanol–water partition coefficient (Wildman–Crippen LogP) is 0.981. The van der Waals surface area contributed by atoms with E-state index in [9.17, 15) is 8.42 Å². The molecule has 1 atom stereocenters. The lowest BCUT2D eigenvalue weighted by Gasteiger charge is -2.18. The van der Waals surface area contributed by atoms with Crippen molar-refractivity contribution in [3.63, 3.8) is 0 Å². The Morgan fingerprint density at radius 1 is 1.37 bits per heavy atom. The van der Waals surface area contributed by atoms with E-state index in [1.54, 1.807) is 19.2 Å². The van der Waals surface area contributed by atoms with Gasteiger partial charge in [-0.1, -0.05) is 12.1 Å². The van der Waals surface area contributed by atoms with E-state index < -0.39 is 10.0 Å². The van der Waals surface area contributed by atoms with Crippen LogP contribution in [0.15, 0.2) is 34.2 Å². The van der Waals surface area contributed by atoms with Crippen LogP contribution in [0.2, 0.25) is 0 Å². The van der Waals surface area contributed by atoms with Gasteiger partial charge >= 0.3 is 0 Å². The van der Waals surface area contributed by atoms with E-state index in [1.807, 2.05) is 24.7 Å². The first kappa shape index (κ1) is 20.9. The molecule has 0 spiro atoms. The number of aryl methyl sites for hydroxylation is 2. The number of rotatable bonds is 6. The van der Waals surface area contributed by atoms with Gasteiger partial charge in [-0.15, -0.1) is 0 Å². The summed E-state index contributed by atoms with van der Waals surface area (Å²) in [6, 6.07) is 6.69. The highest BCUT2D eigenvalue weighted by atomic mass is 32.2. The number of aliphatic imine (C=N–C) groups is 1. The highest BCUT2D eigenvalue weighted by Gasteiger charge is 2.14. The number of benzene rings is 1. The molecule has 0 radical (unpaired) electrons. The predicted molar refractivity (Wildman–Crippen MR) is 107 cm³/mol. The van der Waals surface area contributed by atoms with Gasteiger partial charge in [-0.2, -0.15) is 5.10 Å². The summed E-state index contributed by atoms with van der Waals surface area (Å²) in [6.45, 7) is 6.59. The quantitative estimate of drug-likeness (QED) is 0.501. The molecule has 0 saturated carbocycles. The molecule has 0 aliphatic rings. The minimum Gasteiger partial charge on any atom is -0.354 e. The smallest absolute Gasteiger partial charge is 0.238 e. The molecule has 2 aromatic rings. The first-order valence-corrected chi connectivity index (χ1v) is 10.2. The fraction of sp³-hybridized carbons (Fsp3) is 0.444. The van der Waals surface area contributed by atoms with Crippen LogP contribution in [0, 0.1) is 13.8 Å². The topological polar surface area (TPSA) is 114 Å². The maximum Gasteiger partial charge on any atom is 0.238 e. The van der Waals surface area contributed by atoms with E-state index in [4.69, 9.17) is 5.14 Å². The average Bonchev–Trinajstić information content (AvgIpc) is 2.84. The van der Waals surface area contributed by atoms with Crippen molar-refractivity contribution in [2.24, 2.45) is 17.2 Å². The Hall–Kier alpha value is -2.39. The summed E-state index contributed by atoms with van der Waals surface area (Å²) < 4.78 is 24.8. The molecular weight excluding hydrogens is 364 g/mol. The molecule has 1 unspecified atom stereocenters. The van der Waals surface area contributed by atoms with Gasteiger partial charge in [-0.3, -0.25) is 9.67 Å². The number of guanidine groups is 1. The van der Waals surface area contributed by atoms with Crippen LogP contribution in [-0.2, 0) is 30.0 Å². The van der Waals surface area contributed by atoms with E-state index in [2.05, 4.69) is 34.6 Å². The monoisotopic (exact) mass is 392 g/mol. The van der Waals surface area contributed by atoms with Crippen LogP contribution < -0.4 is 15.8 Å². The number of nitrogens with one attached hydrogen (secondary N) is 2. The van der Waals surface area contributed by atoms with Crippen LogP contribution in [-0.4, -0.2) is 37.2 Å². The van der Waals surface area contributed by atoms with Gasteiger partial charge in [0, 0.05) is 32.4 Å². The van der Waals surface area contributed by atoms with Crippen molar-refractivity contribution in [3.05, 3.63) is 46.8 Å². The fourth-order valence-corrected chi connectivity index (χ4v) is 3.50.